The molecule has 144 valence electrons. The van der Waals surface area contributed by atoms with Crippen LogP contribution in [-0.2, 0) is 0 Å². The van der Waals surface area contributed by atoms with Crippen molar-refractivity contribution in [3.05, 3.63) is 29.1 Å². The molecule has 2 fully saturated rings. The fraction of sp³-hybridized carbons (Fsp3) is 0.524. The van der Waals surface area contributed by atoms with Crippen molar-refractivity contribution in [2.75, 3.05) is 38.2 Å². The van der Waals surface area contributed by atoms with Crippen LogP contribution in [0.15, 0.2) is 23.6 Å². The molecular weight excluding hydrogens is 358 g/mol. The number of anilines is 1. The molecule has 1 aromatic carbocycles. The molecule has 6 heteroatoms. The maximum absolute atomic E-state index is 13.0. The molecule has 2 aromatic rings. The molecule has 3 heterocycles. The van der Waals surface area contributed by atoms with Crippen LogP contribution in [0.25, 0.3) is 11.3 Å². The molecule has 1 aromatic heterocycles. The van der Waals surface area contributed by atoms with Gasteiger partial charge in [-0.25, -0.2) is 4.98 Å². The first-order chi connectivity index (χ1) is 13.2. The first-order valence-corrected chi connectivity index (χ1v) is 10.7. The van der Waals surface area contributed by atoms with Gasteiger partial charge in [0.25, 0.3) is 5.91 Å². The Bertz CT molecular complexity index is 814. The summed E-state index contributed by atoms with van der Waals surface area (Å²) in [6.45, 7) is 6.07. The third-order valence-electron chi connectivity index (χ3n) is 5.54. The summed E-state index contributed by atoms with van der Waals surface area (Å²) < 4.78 is 5.56. The quantitative estimate of drug-likeness (QED) is 0.788. The number of ether oxygens (including phenoxy) is 1. The van der Waals surface area contributed by atoms with Crippen LogP contribution in [0.3, 0.4) is 0 Å². The summed E-state index contributed by atoms with van der Waals surface area (Å²) in [5.41, 5.74) is 2.51. The predicted molar refractivity (Wildman–Crippen MR) is 110 cm³/mol. The van der Waals surface area contributed by atoms with Crippen molar-refractivity contribution in [3.8, 4) is 17.0 Å². The molecule has 1 atom stereocenters. The summed E-state index contributed by atoms with van der Waals surface area (Å²) in [7, 11) is 1.67. The molecule has 0 bridgehead atoms. The SMILES string of the molecule is COc1ccc(C(=O)N2CCCC(C)C2)cc1-c1csc(N2CCCC2)n1. The van der Waals surface area contributed by atoms with Gasteiger partial charge in [0.2, 0.25) is 0 Å². The van der Waals surface area contributed by atoms with E-state index in [0.717, 1.165) is 60.3 Å². The number of piperidine rings is 1. The third-order valence-corrected chi connectivity index (χ3v) is 6.44. The molecule has 1 unspecified atom stereocenters. The molecule has 0 radical (unpaired) electrons. The van der Waals surface area contributed by atoms with E-state index in [1.165, 1.54) is 19.3 Å². The van der Waals surface area contributed by atoms with Crippen molar-refractivity contribution in [1.29, 1.82) is 0 Å². The van der Waals surface area contributed by atoms with Gasteiger partial charge in [-0.15, -0.1) is 11.3 Å². The van der Waals surface area contributed by atoms with Crippen LogP contribution in [0.2, 0.25) is 0 Å². The van der Waals surface area contributed by atoms with E-state index >= 15 is 0 Å². The van der Waals surface area contributed by atoms with Gasteiger partial charge in [0, 0.05) is 42.7 Å². The number of rotatable bonds is 4. The minimum Gasteiger partial charge on any atom is -0.496 e. The maximum atomic E-state index is 13.0. The Morgan fingerprint density at radius 1 is 1.22 bits per heavy atom. The van der Waals surface area contributed by atoms with Gasteiger partial charge < -0.3 is 14.5 Å². The van der Waals surface area contributed by atoms with Gasteiger partial charge >= 0.3 is 0 Å². The minimum absolute atomic E-state index is 0.112. The van der Waals surface area contributed by atoms with Crippen LogP contribution in [0.1, 0.15) is 43.0 Å². The zero-order chi connectivity index (χ0) is 18.8. The number of likely N-dealkylation sites (tertiary alicyclic amines) is 1. The maximum Gasteiger partial charge on any atom is 0.253 e. The van der Waals surface area contributed by atoms with Crippen LogP contribution >= 0.6 is 11.3 Å². The highest BCUT2D eigenvalue weighted by atomic mass is 32.1. The van der Waals surface area contributed by atoms with E-state index in [1.54, 1.807) is 18.4 Å². The van der Waals surface area contributed by atoms with Crippen LogP contribution in [-0.4, -0.2) is 49.1 Å². The molecule has 4 rings (SSSR count). The van der Waals surface area contributed by atoms with Crippen molar-refractivity contribution < 1.29 is 9.53 Å². The molecule has 5 nitrogen and oxygen atoms in total. The second-order valence-electron chi connectivity index (χ2n) is 7.62. The minimum atomic E-state index is 0.112. The highest BCUT2D eigenvalue weighted by molar-refractivity contribution is 7.14. The van der Waals surface area contributed by atoms with E-state index in [9.17, 15) is 4.79 Å². The van der Waals surface area contributed by atoms with Gasteiger partial charge in [0.1, 0.15) is 5.75 Å². The van der Waals surface area contributed by atoms with E-state index in [1.807, 2.05) is 23.1 Å². The first-order valence-electron chi connectivity index (χ1n) is 9.84. The van der Waals surface area contributed by atoms with Gasteiger partial charge in [0.05, 0.1) is 12.8 Å². The highest BCUT2D eigenvalue weighted by Gasteiger charge is 2.24. The Balaban J connectivity index is 1.62. The molecule has 2 saturated heterocycles. The monoisotopic (exact) mass is 385 g/mol. The molecule has 0 N–H and O–H groups in total. The number of carbonyl (C=O) groups is 1. The van der Waals surface area contributed by atoms with Crippen LogP contribution < -0.4 is 9.64 Å². The van der Waals surface area contributed by atoms with Gasteiger partial charge in [0.15, 0.2) is 5.13 Å². The topological polar surface area (TPSA) is 45.7 Å². The number of aromatic nitrogens is 1. The number of hydrogen-bond donors (Lipinski definition) is 0. The smallest absolute Gasteiger partial charge is 0.253 e. The van der Waals surface area contributed by atoms with Crippen molar-refractivity contribution in [2.24, 2.45) is 5.92 Å². The van der Waals surface area contributed by atoms with Crippen molar-refractivity contribution in [2.45, 2.75) is 32.6 Å². The molecule has 0 saturated carbocycles. The summed E-state index contributed by atoms with van der Waals surface area (Å²) in [4.78, 5) is 22.2. The third kappa shape index (κ3) is 3.81. The number of carbonyl (C=O) groups excluding carboxylic acids is 1. The molecular formula is C21H27N3O2S. The van der Waals surface area contributed by atoms with E-state index in [2.05, 4.69) is 17.2 Å². The summed E-state index contributed by atoms with van der Waals surface area (Å²) >= 11 is 1.67. The van der Waals surface area contributed by atoms with Gasteiger partial charge in [-0.05, 0) is 49.8 Å². The second-order valence-corrected chi connectivity index (χ2v) is 8.46. The van der Waals surface area contributed by atoms with E-state index < -0.39 is 0 Å². The normalized spacial score (nSPS) is 20.1. The number of amides is 1. The Hall–Kier alpha value is -2.08. The van der Waals surface area contributed by atoms with E-state index in [4.69, 9.17) is 9.72 Å². The molecule has 1 amide bonds. The summed E-state index contributed by atoms with van der Waals surface area (Å²) in [6.07, 6.45) is 4.75. The lowest BCUT2D eigenvalue weighted by Gasteiger charge is -2.31. The highest BCUT2D eigenvalue weighted by Crippen LogP contribution is 2.35. The lowest BCUT2D eigenvalue weighted by atomic mass is 9.99. The van der Waals surface area contributed by atoms with Crippen molar-refractivity contribution >= 4 is 22.4 Å². The lowest BCUT2D eigenvalue weighted by Crippen LogP contribution is -2.39. The first kappa shape index (κ1) is 18.3. The van der Waals surface area contributed by atoms with E-state index in [-0.39, 0.29) is 5.91 Å². The van der Waals surface area contributed by atoms with Gasteiger partial charge in [-0.3, -0.25) is 4.79 Å². The molecule has 2 aliphatic heterocycles. The van der Waals surface area contributed by atoms with Crippen LogP contribution in [0.4, 0.5) is 5.13 Å². The standard InChI is InChI=1S/C21H27N3O2S/c1-15-6-5-11-24(13-15)20(25)16-7-8-19(26-2)17(12-16)18-14-27-21(22-18)23-9-3-4-10-23/h7-8,12,14-15H,3-6,9-11,13H2,1-2H3. The Labute approximate surface area is 165 Å². The number of hydrogen-bond acceptors (Lipinski definition) is 5. The molecule has 0 aliphatic carbocycles. The molecule has 0 spiro atoms. The predicted octanol–water partition coefficient (Wildman–Crippen LogP) is 4.29. The van der Waals surface area contributed by atoms with Crippen molar-refractivity contribution in [1.82, 2.24) is 9.88 Å². The summed E-state index contributed by atoms with van der Waals surface area (Å²) in [6, 6.07) is 5.71. The van der Waals surface area contributed by atoms with E-state index in [0.29, 0.717) is 5.92 Å². The average molecular weight is 386 g/mol. The number of thiazole rings is 1. The number of nitrogens with zero attached hydrogens (tertiary/aromatic N) is 3. The zero-order valence-corrected chi connectivity index (χ0v) is 16.9. The van der Waals surface area contributed by atoms with Crippen molar-refractivity contribution in [3.63, 3.8) is 0 Å². The summed E-state index contributed by atoms with van der Waals surface area (Å²) in [5, 5.41) is 3.13. The Morgan fingerprint density at radius 2 is 2.04 bits per heavy atom. The Morgan fingerprint density at radius 3 is 2.78 bits per heavy atom. The number of methoxy groups -OCH3 is 1. The second kappa shape index (κ2) is 7.89. The van der Waals surface area contributed by atoms with Gasteiger partial charge in [-0.2, -0.15) is 0 Å². The number of benzene rings is 1. The average Bonchev–Trinajstić information content (AvgIpc) is 3.38. The largest absolute Gasteiger partial charge is 0.496 e. The van der Waals surface area contributed by atoms with Crippen LogP contribution in [0.5, 0.6) is 5.75 Å². The molecule has 2 aliphatic rings. The van der Waals surface area contributed by atoms with Gasteiger partial charge in [-0.1, -0.05) is 6.92 Å². The zero-order valence-electron chi connectivity index (χ0n) is 16.1. The van der Waals surface area contributed by atoms with Crippen LogP contribution in [0, 0.1) is 5.92 Å². The fourth-order valence-electron chi connectivity index (χ4n) is 4.04. The lowest BCUT2D eigenvalue weighted by molar-refractivity contribution is 0.0683. The fourth-order valence-corrected chi connectivity index (χ4v) is 4.92. The summed E-state index contributed by atoms with van der Waals surface area (Å²) in [5.74, 6) is 1.44. The molecule has 27 heavy (non-hydrogen) atoms. The Kier molecular flexibility index (Phi) is 5.34.